The van der Waals surface area contributed by atoms with E-state index in [1.54, 1.807) is 12.1 Å². The third kappa shape index (κ3) is 3.35. The second kappa shape index (κ2) is 6.50. The number of nitro groups is 1. The summed E-state index contributed by atoms with van der Waals surface area (Å²) in [4.78, 5) is 10.2. The summed E-state index contributed by atoms with van der Waals surface area (Å²) < 4.78 is 0. The van der Waals surface area contributed by atoms with E-state index in [1.165, 1.54) is 12.1 Å². The van der Waals surface area contributed by atoms with Gasteiger partial charge < -0.3 is 5.32 Å². The predicted molar refractivity (Wildman–Crippen MR) is 80.1 cm³/mol. The van der Waals surface area contributed by atoms with Crippen LogP contribution >= 0.6 is 11.6 Å². The summed E-state index contributed by atoms with van der Waals surface area (Å²) >= 11 is 6.20. The molecule has 2 aromatic rings. The highest BCUT2D eigenvalue weighted by atomic mass is 35.5. The summed E-state index contributed by atoms with van der Waals surface area (Å²) in [6, 6.07) is 14.4. The summed E-state index contributed by atoms with van der Waals surface area (Å²) in [5, 5.41) is 14.6. The lowest BCUT2D eigenvalue weighted by Gasteiger charge is -2.18. The van der Waals surface area contributed by atoms with Gasteiger partial charge in [0.2, 0.25) is 0 Å². The minimum Gasteiger partial charge on any atom is -0.313 e. The molecule has 1 unspecified atom stereocenters. The summed E-state index contributed by atoms with van der Waals surface area (Å²) in [6.07, 6.45) is 0.720. The molecule has 104 valence electrons. The zero-order valence-electron chi connectivity index (χ0n) is 11.0. The first kappa shape index (κ1) is 14.5. The van der Waals surface area contributed by atoms with E-state index in [2.05, 4.69) is 5.32 Å². The van der Waals surface area contributed by atoms with Gasteiger partial charge in [0.05, 0.1) is 4.92 Å². The van der Waals surface area contributed by atoms with Gasteiger partial charge in [-0.25, -0.2) is 0 Å². The van der Waals surface area contributed by atoms with E-state index in [1.807, 2.05) is 31.3 Å². The topological polar surface area (TPSA) is 55.2 Å². The molecule has 1 atom stereocenters. The molecule has 20 heavy (non-hydrogen) atoms. The Bertz CT molecular complexity index is 599. The summed E-state index contributed by atoms with van der Waals surface area (Å²) in [6.45, 7) is 0. The van der Waals surface area contributed by atoms with Crippen molar-refractivity contribution in [3.05, 3.63) is 74.8 Å². The van der Waals surface area contributed by atoms with Gasteiger partial charge in [-0.05, 0) is 30.7 Å². The smallest absolute Gasteiger partial charge is 0.269 e. The van der Waals surface area contributed by atoms with Gasteiger partial charge in [-0.1, -0.05) is 41.9 Å². The molecule has 0 saturated heterocycles. The molecule has 4 nitrogen and oxygen atoms in total. The van der Waals surface area contributed by atoms with Crippen molar-refractivity contribution in [3.63, 3.8) is 0 Å². The zero-order chi connectivity index (χ0) is 14.5. The molecule has 0 saturated carbocycles. The van der Waals surface area contributed by atoms with Crippen molar-refractivity contribution >= 4 is 17.3 Å². The van der Waals surface area contributed by atoms with Crippen LogP contribution in [0.3, 0.4) is 0 Å². The Hall–Kier alpha value is -1.91. The summed E-state index contributed by atoms with van der Waals surface area (Å²) in [5.41, 5.74) is 2.15. The SMILES string of the molecule is CNC(Cc1ccc([N+](=O)[O-])cc1)c1ccccc1Cl. The van der Waals surface area contributed by atoms with Crippen molar-refractivity contribution < 1.29 is 4.92 Å². The first-order valence-corrected chi connectivity index (χ1v) is 6.64. The number of rotatable bonds is 5. The normalized spacial score (nSPS) is 12.1. The molecule has 0 spiro atoms. The van der Waals surface area contributed by atoms with E-state index in [0.29, 0.717) is 5.02 Å². The third-order valence-corrected chi connectivity index (χ3v) is 3.56. The van der Waals surface area contributed by atoms with Crippen molar-refractivity contribution in [1.29, 1.82) is 0 Å². The van der Waals surface area contributed by atoms with E-state index in [-0.39, 0.29) is 11.7 Å². The quantitative estimate of drug-likeness (QED) is 0.674. The molecule has 0 fully saturated rings. The molecule has 0 aliphatic rings. The summed E-state index contributed by atoms with van der Waals surface area (Å²) in [7, 11) is 1.87. The van der Waals surface area contributed by atoms with Gasteiger partial charge in [0, 0.05) is 23.2 Å². The maximum atomic E-state index is 10.6. The van der Waals surface area contributed by atoms with Gasteiger partial charge >= 0.3 is 0 Å². The number of hydrogen-bond donors (Lipinski definition) is 1. The van der Waals surface area contributed by atoms with Crippen LogP contribution < -0.4 is 5.32 Å². The lowest BCUT2D eigenvalue weighted by atomic mass is 9.99. The van der Waals surface area contributed by atoms with Crippen LogP contribution in [-0.4, -0.2) is 12.0 Å². The average Bonchev–Trinajstić information content (AvgIpc) is 2.46. The molecule has 0 radical (unpaired) electrons. The van der Waals surface area contributed by atoms with E-state index in [0.717, 1.165) is 17.5 Å². The molecule has 2 rings (SSSR count). The van der Waals surface area contributed by atoms with Crippen LogP contribution in [0.15, 0.2) is 48.5 Å². The lowest BCUT2D eigenvalue weighted by molar-refractivity contribution is -0.384. The molecule has 0 heterocycles. The third-order valence-electron chi connectivity index (χ3n) is 3.22. The van der Waals surface area contributed by atoms with Crippen LogP contribution in [0.2, 0.25) is 5.02 Å². The average molecular weight is 291 g/mol. The van der Waals surface area contributed by atoms with Gasteiger partial charge in [0.1, 0.15) is 0 Å². The highest BCUT2D eigenvalue weighted by molar-refractivity contribution is 6.31. The Balaban J connectivity index is 2.18. The number of nitro benzene ring substituents is 1. The second-order valence-electron chi connectivity index (χ2n) is 4.49. The molecule has 1 N–H and O–H groups in total. The molecule has 5 heteroatoms. The minimum absolute atomic E-state index is 0.0742. The number of non-ortho nitro benzene ring substituents is 1. The highest BCUT2D eigenvalue weighted by Gasteiger charge is 2.13. The Labute approximate surface area is 122 Å². The highest BCUT2D eigenvalue weighted by Crippen LogP contribution is 2.25. The molecule has 0 bridgehead atoms. The second-order valence-corrected chi connectivity index (χ2v) is 4.90. The standard InChI is InChI=1S/C15H15ClN2O2/c1-17-15(13-4-2-3-5-14(13)16)10-11-6-8-12(9-7-11)18(19)20/h2-9,15,17H,10H2,1H3. The van der Waals surface area contributed by atoms with Crippen molar-refractivity contribution in [1.82, 2.24) is 5.32 Å². The van der Waals surface area contributed by atoms with E-state index in [9.17, 15) is 10.1 Å². The van der Waals surface area contributed by atoms with E-state index in [4.69, 9.17) is 11.6 Å². The number of benzene rings is 2. The molecular formula is C15H15ClN2O2. The minimum atomic E-state index is -0.395. The van der Waals surface area contributed by atoms with Crippen LogP contribution in [-0.2, 0) is 6.42 Å². The molecule has 2 aromatic carbocycles. The van der Waals surface area contributed by atoms with Gasteiger partial charge in [-0.2, -0.15) is 0 Å². The van der Waals surface area contributed by atoms with Gasteiger partial charge in [-0.15, -0.1) is 0 Å². The monoisotopic (exact) mass is 290 g/mol. The summed E-state index contributed by atoms with van der Waals surface area (Å²) in [5.74, 6) is 0. The van der Waals surface area contributed by atoms with Crippen LogP contribution in [0, 0.1) is 10.1 Å². The Kier molecular flexibility index (Phi) is 4.71. The van der Waals surface area contributed by atoms with Crippen molar-refractivity contribution in [3.8, 4) is 0 Å². The van der Waals surface area contributed by atoms with E-state index < -0.39 is 4.92 Å². The predicted octanol–water partition coefficient (Wildman–Crippen LogP) is 3.75. The number of nitrogens with zero attached hydrogens (tertiary/aromatic N) is 1. The Morgan fingerprint density at radius 3 is 2.40 bits per heavy atom. The Morgan fingerprint density at radius 1 is 1.20 bits per heavy atom. The molecular weight excluding hydrogens is 276 g/mol. The molecule has 0 aliphatic carbocycles. The molecule has 0 amide bonds. The fourth-order valence-electron chi connectivity index (χ4n) is 2.11. The molecule has 0 aromatic heterocycles. The first-order valence-electron chi connectivity index (χ1n) is 6.27. The van der Waals surface area contributed by atoms with Gasteiger partial charge in [0.15, 0.2) is 0 Å². The largest absolute Gasteiger partial charge is 0.313 e. The number of likely N-dealkylation sites (N-methyl/N-ethyl adjacent to an activating group) is 1. The van der Waals surface area contributed by atoms with Crippen LogP contribution in [0.25, 0.3) is 0 Å². The van der Waals surface area contributed by atoms with E-state index >= 15 is 0 Å². The van der Waals surface area contributed by atoms with Gasteiger partial charge in [-0.3, -0.25) is 10.1 Å². The molecule has 0 aliphatic heterocycles. The first-order chi connectivity index (χ1) is 9.61. The van der Waals surface area contributed by atoms with Crippen molar-refractivity contribution in [2.75, 3.05) is 7.05 Å². The maximum Gasteiger partial charge on any atom is 0.269 e. The number of nitrogens with one attached hydrogen (secondary N) is 1. The fourth-order valence-corrected chi connectivity index (χ4v) is 2.38. The fraction of sp³-hybridized carbons (Fsp3) is 0.200. The van der Waals surface area contributed by atoms with Crippen LogP contribution in [0.5, 0.6) is 0 Å². The maximum absolute atomic E-state index is 10.6. The number of halogens is 1. The Morgan fingerprint density at radius 2 is 1.85 bits per heavy atom. The van der Waals surface area contributed by atoms with Crippen LogP contribution in [0.4, 0.5) is 5.69 Å². The number of hydrogen-bond acceptors (Lipinski definition) is 3. The van der Waals surface area contributed by atoms with Crippen molar-refractivity contribution in [2.24, 2.45) is 0 Å². The van der Waals surface area contributed by atoms with Crippen molar-refractivity contribution in [2.45, 2.75) is 12.5 Å². The lowest BCUT2D eigenvalue weighted by Crippen LogP contribution is -2.19. The van der Waals surface area contributed by atoms with Gasteiger partial charge in [0.25, 0.3) is 5.69 Å². The zero-order valence-corrected chi connectivity index (χ0v) is 11.8. The van der Waals surface area contributed by atoms with Crippen LogP contribution in [0.1, 0.15) is 17.2 Å².